The molecule has 214 valence electrons. The van der Waals surface area contributed by atoms with Crippen LogP contribution in [0.15, 0.2) is 76.1 Å². The van der Waals surface area contributed by atoms with E-state index in [1.165, 1.54) is 24.5 Å². The van der Waals surface area contributed by atoms with Gasteiger partial charge < -0.3 is 28.6 Å². The number of rotatable bonds is 10. The van der Waals surface area contributed by atoms with Crippen LogP contribution in [-0.2, 0) is 16.1 Å². The summed E-state index contributed by atoms with van der Waals surface area (Å²) in [5.41, 5.74) is 1.00. The quantitative estimate of drug-likeness (QED) is 0.309. The molecule has 5 rings (SSSR count). The van der Waals surface area contributed by atoms with Crippen molar-refractivity contribution in [3.05, 3.63) is 88.5 Å². The van der Waals surface area contributed by atoms with Crippen LogP contribution in [-0.4, -0.2) is 73.9 Å². The molecule has 10 heteroatoms. The number of phenolic OH excluding ortho intramolecular Hbond substituents is 1. The number of ether oxygens (including phenoxy) is 3. The van der Waals surface area contributed by atoms with Crippen molar-refractivity contribution in [3.63, 3.8) is 0 Å². The number of aromatic hydroxyl groups is 1. The molecule has 2 heterocycles. The topological polar surface area (TPSA) is 102 Å². The van der Waals surface area contributed by atoms with Crippen LogP contribution >= 0.6 is 0 Å². The Morgan fingerprint density at radius 1 is 1.07 bits per heavy atom. The molecule has 0 bridgehead atoms. The van der Waals surface area contributed by atoms with Gasteiger partial charge in [-0.2, -0.15) is 0 Å². The largest absolute Gasteiger partial charge is 0.507 e. The molecule has 1 aliphatic rings. The summed E-state index contributed by atoms with van der Waals surface area (Å²) < 4.78 is 36.4. The number of nitrogens with zero attached hydrogens (tertiary/aromatic N) is 2. The molecular weight excluding hydrogens is 531 g/mol. The Morgan fingerprint density at radius 3 is 2.56 bits per heavy atom. The van der Waals surface area contributed by atoms with Crippen LogP contribution in [0.2, 0.25) is 0 Å². The molecule has 0 radical (unpaired) electrons. The molecule has 1 aromatic heterocycles. The fraction of sp³-hybridized carbons (Fsp3) is 0.290. The van der Waals surface area contributed by atoms with Gasteiger partial charge in [0.05, 0.1) is 25.9 Å². The zero-order valence-corrected chi connectivity index (χ0v) is 22.7. The minimum absolute atomic E-state index is 0.00341. The summed E-state index contributed by atoms with van der Waals surface area (Å²) in [5.74, 6) is -0.266. The molecule has 3 aromatic carbocycles. The second-order valence-corrected chi connectivity index (χ2v) is 9.67. The first-order chi connectivity index (χ1) is 19.9. The van der Waals surface area contributed by atoms with E-state index in [-0.39, 0.29) is 52.9 Å². The summed E-state index contributed by atoms with van der Waals surface area (Å²) in [6, 6.07) is 16.0. The number of hydrogen-bond donors (Lipinski definition) is 1. The van der Waals surface area contributed by atoms with Crippen LogP contribution in [0, 0.1) is 5.82 Å². The van der Waals surface area contributed by atoms with Gasteiger partial charge in [-0.3, -0.25) is 14.5 Å². The summed E-state index contributed by atoms with van der Waals surface area (Å²) in [4.78, 5) is 30.2. The van der Waals surface area contributed by atoms with Crippen molar-refractivity contribution in [2.75, 3.05) is 53.1 Å². The molecule has 4 aromatic rings. The van der Waals surface area contributed by atoms with Gasteiger partial charge in [-0.25, -0.2) is 4.39 Å². The van der Waals surface area contributed by atoms with Crippen LogP contribution in [0.1, 0.15) is 5.56 Å². The van der Waals surface area contributed by atoms with Gasteiger partial charge in [-0.1, -0.05) is 30.3 Å². The highest BCUT2D eigenvalue weighted by Gasteiger charge is 2.20. The van der Waals surface area contributed by atoms with Crippen molar-refractivity contribution in [2.45, 2.75) is 6.54 Å². The van der Waals surface area contributed by atoms with Crippen LogP contribution < -0.4 is 14.9 Å². The number of morpholine rings is 1. The molecule has 1 aliphatic heterocycles. The Balaban J connectivity index is 1.31. The van der Waals surface area contributed by atoms with Gasteiger partial charge >= 0.3 is 0 Å². The zero-order valence-electron chi connectivity index (χ0n) is 22.7. The Labute approximate surface area is 236 Å². The van der Waals surface area contributed by atoms with Crippen LogP contribution in [0.3, 0.4) is 0 Å². The lowest BCUT2D eigenvalue weighted by Crippen LogP contribution is -2.44. The van der Waals surface area contributed by atoms with E-state index in [9.17, 15) is 19.1 Å². The monoisotopic (exact) mass is 562 g/mol. The van der Waals surface area contributed by atoms with Crippen molar-refractivity contribution in [1.82, 2.24) is 9.80 Å². The average molecular weight is 563 g/mol. The van der Waals surface area contributed by atoms with Crippen LogP contribution in [0.5, 0.6) is 17.2 Å². The van der Waals surface area contributed by atoms with Crippen LogP contribution in [0.4, 0.5) is 4.39 Å². The zero-order chi connectivity index (χ0) is 28.8. The number of halogens is 1. The first-order valence-corrected chi connectivity index (χ1v) is 13.3. The summed E-state index contributed by atoms with van der Waals surface area (Å²) >= 11 is 0. The van der Waals surface area contributed by atoms with Crippen molar-refractivity contribution in [3.8, 4) is 28.4 Å². The lowest BCUT2D eigenvalue weighted by Gasteiger charge is -2.30. The Hall–Kier alpha value is -4.41. The maximum absolute atomic E-state index is 14.4. The summed E-state index contributed by atoms with van der Waals surface area (Å²) in [5, 5.41) is 10.7. The number of methoxy groups -OCH3 is 1. The predicted octanol–water partition coefficient (Wildman–Crippen LogP) is 4.05. The number of carbonyl (C=O) groups excluding carboxylic acids is 1. The van der Waals surface area contributed by atoms with Crippen molar-refractivity contribution < 1.29 is 32.9 Å². The van der Waals surface area contributed by atoms with Crippen LogP contribution in [0.25, 0.3) is 22.1 Å². The third-order valence-electron chi connectivity index (χ3n) is 7.06. The van der Waals surface area contributed by atoms with E-state index in [4.69, 9.17) is 18.6 Å². The number of phenols is 1. The van der Waals surface area contributed by atoms with E-state index >= 15 is 0 Å². The average Bonchev–Trinajstić information content (AvgIpc) is 2.99. The highest BCUT2D eigenvalue weighted by Crippen LogP contribution is 2.31. The van der Waals surface area contributed by atoms with E-state index in [2.05, 4.69) is 4.90 Å². The number of amides is 1. The Bertz CT molecular complexity index is 1570. The highest BCUT2D eigenvalue weighted by atomic mass is 19.1. The van der Waals surface area contributed by atoms with Gasteiger partial charge in [0.15, 0.2) is 6.61 Å². The third kappa shape index (κ3) is 6.67. The van der Waals surface area contributed by atoms with Crippen molar-refractivity contribution >= 4 is 16.9 Å². The lowest BCUT2D eigenvalue weighted by atomic mass is 10.0. The maximum atomic E-state index is 14.4. The number of carbonyl (C=O) groups is 1. The maximum Gasteiger partial charge on any atom is 0.260 e. The molecule has 1 N–H and O–H groups in total. The molecule has 0 atom stereocenters. The van der Waals surface area contributed by atoms with Crippen molar-refractivity contribution in [1.29, 1.82) is 0 Å². The molecule has 0 spiro atoms. The molecule has 0 unspecified atom stereocenters. The third-order valence-corrected chi connectivity index (χ3v) is 7.06. The van der Waals surface area contributed by atoms with Crippen molar-refractivity contribution in [2.24, 2.45) is 0 Å². The van der Waals surface area contributed by atoms with Gasteiger partial charge in [0.1, 0.15) is 40.3 Å². The standard InChI is InChI=1S/C31H31FN2O7/c1-38-23-8-6-21(7-9-23)25-19-41-28-17-24(16-27(35)30(28)31(25)37)40-20-29(36)34(11-10-33-12-14-39-15-13-33)18-22-4-2-3-5-26(22)32/h2-9,16-17,19,35H,10-15,18,20H2,1H3. The minimum atomic E-state index is -0.407. The fourth-order valence-corrected chi connectivity index (χ4v) is 4.71. The smallest absolute Gasteiger partial charge is 0.260 e. The molecule has 0 saturated carbocycles. The van der Waals surface area contributed by atoms with E-state index < -0.39 is 5.43 Å². The number of fused-ring (bicyclic) bond motifs is 1. The SMILES string of the molecule is COc1ccc(-c2coc3cc(OCC(=O)N(CCN4CCOCC4)Cc4ccccc4F)cc(O)c3c2=O)cc1. The first-order valence-electron chi connectivity index (χ1n) is 13.3. The molecule has 1 saturated heterocycles. The summed E-state index contributed by atoms with van der Waals surface area (Å²) in [7, 11) is 1.55. The second-order valence-electron chi connectivity index (χ2n) is 9.67. The van der Waals surface area contributed by atoms with E-state index in [1.807, 2.05) is 0 Å². The minimum Gasteiger partial charge on any atom is -0.507 e. The molecule has 1 fully saturated rings. The van der Waals surface area contributed by atoms with Gasteiger partial charge in [-0.05, 0) is 23.8 Å². The lowest BCUT2D eigenvalue weighted by molar-refractivity contribution is -0.134. The summed E-state index contributed by atoms with van der Waals surface area (Å²) in [6.07, 6.45) is 1.32. The second kappa shape index (κ2) is 12.8. The fourth-order valence-electron chi connectivity index (χ4n) is 4.71. The van der Waals surface area contributed by atoms with E-state index in [1.54, 1.807) is 54.5 Å². The normalized spacial score (nSPS) is 13.7. The number of hydrogen-bond acceptors (Lipinski definition) is 8. The summed E-state index contributed by atoms with van der Waals surface area (Å²) in [6.45, 7) is 3.52. The molecule has 1 amide bonds. The van der Waals surface area contributed by atoms with Gasteiger partial charge in [0.25, 0.3) is 5.91 Å². The van der Waals surface area contributed by atoms with E-state index in [0.717, 1.165) is 13.1 Å². The van der Waals surface area contributed by atoms with Gasteiger partial charge in [-0.15, -0.1) is 0 Å². The Morgan fingerprint density at radius 2 is 1.83 bits per heavy atom. The molecule has 41 heavy (non-hydrogen) atoms. The van der Waals surface area contributed by atoms with Gasteiger partial charge in [0, 0.05) is 50.4 Å². The first kappa shape index (κ1) is 28.1. The van der Waals surface area contributed by atoms with Gasteiger partial charge in [0.2, 0.25) is 5.43 Å². The highest BCUT2D eigenvalue weighted by molar-refractivity contribution is 5.88. The predicted molar refractivity (Wildman–Crippen MR) is 151 cm³/mol. The molecular formula is C31H31FN2O7. The van der Waals surface area contributed by atoms with E-state index in [0.29, 0.717) is 43.2 Å². The number of benzene rings is 3. The molecule has 9 nitrogen and oxygen atoms in total. The Kier molecular flexibility index (Phi) is 8.81. The molecule has 0 aliphatic carbocycles.